The molecule has 2 rings (SSSR count). The maximum absolute atomic E-state index is 5.28. The van der Waals surface area contributed by atoms with Crippen molar-refractivity contribution >= 4 is 5.95 Å². The third-order valence-corrected chi connectivity index (χ3v) is 2.89. The molecule has 1 N–H and O–H groups in total. The van der Waals surface area contributed by atoms with Gasteiger partial charge in [0.25, 0.3) is 5.95 Å². The Labute approximate surface area is 95.6 Å². The molecule has 1 aromatic heterocycles. The van der Waals surface area contributed by atoms with Crippen LogP contribution in [0.5, 0.6) is 0 Å². The molecule has 90 valence electrons. The summed E-state index contributed by atoms with van der Waals surface area (Å²) >= 11 is 0. The van der Waals surface area contributed by atoms with Gasteiger partial charge < -0.3 is 14.7 Å². The summed E-state index contributed by atoms with van der Waals surface area (Å²) in [5.74, 6) is 1.34. The van der Waals surface area contributed by atoms with Crippen molar-refractivity contribution in [2.45, 2.75) is 13.0 Å². The van der Waals surface area contributed by atoms with Gasteiger partial charge in [-0.25, -0.2) is 0 Å². The molecular weight excluding hydrogens is 206 g/mol. The van der Waals surface area contributed by atoms with Crippen LogP contribution in [0, 0.1) is 0 Å². The van der Waals surface area contributed by atoms with Crippen LogP contribution in [0.3, 0.4) is 0 Å². The minimum atomic E-state index is 0.197. The second kappa shape index (κ2) is 4.80. The highest BCUT2D eigenvalue weighted by atomic mass is 16.5. The van der Waals surface area contributed by atoms with Crippen LogP contribution in [-0.4, -0.2) is 55.3 Å². The molecule has 0 spiro atoms. The molecule has 0 saturated carbocycles. The average molecular weight is 225 g/mol. The Hall–Kier alpha value is -1.14. The van der Waals surface area contributed by atoms with Crippen molar-refractivity contribution in [2.24, 2.45) is 0 Å². The highest BCUT2D eigenvalue weighted by Gasteiger charge is 2.23. The quantitative estimate of drug-likeness (QED) is 0.787. The van der Waals surface area contributed by atoms with Gasteiger partial charge in [0.05, 0.1) is 6.04 Å². The Kier molecular flexibility index (Phi) is 3.40. The van der Waals surface area contributed by atoms with Crippen molar-refractivity contribution in [1.29, 1.82) is 0 Å². The number of aromatic nitrogens is 2. The van der Waals surface area contributed by atoms with E-state index in [1.165, 1.54) is 0 Å². The van der Waals surface area contributed by atoms with Crippen molar-refractivity contribution in [3.8, 4) is 0 Å². The van der Waals surface area contributed by atoms with E-state index in [0.717, 1.165) is 26.2 Å². The van der Waals surface area contributed by atoms with Gasteiger partial charge in [0, 0.05) is 40.3 Å². The van der Waals surface area contributed by atoms with E-state index in [-0.39, 0.29) is 6.04 Å². The summed E-state index contributed by atoms with van der Waals surface area (Å²) < 4.78 is 5.28. The lowest BCUT2D eigenvalue weighted by molar-refractivity contribution is 0.154. The first kappa shape index (κ1) is 11.3. The average Bonchev–Trinajstić information content (AvgIpc) is 2.78. The van der Waals surface area contributed by atoms with Gasteiger partial charge in [-0.3, -0.25) is 4.90 Å². The van der Waals surface area contributed by atoms with Crippen LogP contribution in [0.1, 0.15) is 18.9 Å². The highest BCUT2D eigenvalue weighted by Crippen LogP contribution is 2.20. The van der Waals surface area contributed by atoms with Crippen LogP contribution < -0.4 is 10.2 Å². The van der Waals surface area contributed by atoms with Gasteiger partial charge in [-0.1, -0.05) is 0 Å². The highest BCUT2D eigenvalue weighted by molar-refractivity contribution is 5.24. The Bertz CT molecular complexity index is 332. The van der Waals surface area contributed by atoms with Gasteiger partial charge in [0.15, 0.2) is 0 Å². The minimum absolute atomic E-state index is 0.197. The molecule has 1 aliphatic heterocycles. The van der Waals surface area contributed by atoms with Crippen molar-refractivity contribution in [1.82, 2.24) is 20.4 Å². The number of hydrogen-bond acceptors (Lipinski definition) is 6. The molecule has 0 bridgehead atoms. The third-order valence-electron chi connectivity index (χ3n) is 2.89. The Balaban J connectivity index is 2.04. The molecule has 1 unspecified atom stereocenters. The maximum Gasteiger partial charge on any atom is 0.265 e. The summed E-state index contributed by atoms with van der Waals surface area (Å²) in [5.41, 5.74) is 0. The fraction of sp³-hybridized carbons (Fsp3) is 0.800. The van der Waals surface area contributed by atoms with Crippen LogP contribution in [0.4, 0.5) is 5.95 Å². The number of rotatable bonds is 3. The second-order valence-electron chi connectivity index (χ2n) is 4.29. The first-order valence-electron chi connectivity index (χ1n) is 5.64. The Morgan fingerprint density at radius 1 is 1.38 bits per heavy atom. The van der Waals surface area contributed by atoms with Gasteiger partial charge in [0.1, 0.15) is 0 Å². The zero-order chi connectivity index (χ0) is 11.5. The summed E-state index contributed by atoms with van der Waals surface area (Å²) in [5, 5.41) is 7.26. The molecule has 1 aromatic rings. The number of nitrogens with zero attached hydrogens (tertiary/aromatic N) is 4. The van der Waals surface area contributed by atoms with Crippen LogP contribution in [0.2, 0.25) is 0 Å². The second-order valence-corrected chi connectivity index (χ2v) is 4.29. The topological polar surface area (TPSA) is 57.4 Å². The summed E-state index contributed by atoms with van der Waals surface area (Å²) in [6.45, 7) is 6.22. The fourth-order valence-corrected chi connectivity index (χ4v) is 1.80. The van der Waals surface area contributed by atoms with Crippen molar-refractivity contribution < 1.29 is 4.52 Å². The molecule has 0 amide bonds. The van der Waals surface area contributed by atoms with E-state index in [0.29, 0.717) is 11.8 Å². The third kappa shape index (κ3) is 2.33. The number of anilines is 1. The van der Waals surface area contributed by atoms with Crippen molar-refractivity contribution in [3.63, 3.8) is 0 Å². The van der Waals surface area contributed by atoms with E-state index in [1.807, 2.05) is 19.0 Å². The molecule has 1 aliphatic rings. The minimum Gasteiger partial charge on any atom is -0.344 e. The molecule has 1 atom stereocenters. The Morgan fingerprint density at radius 3 is 2.62 bits per heavy atom. The largest absolute Gasteiger partial charge is 0.344 e. The van der Waals surface area contributed by atoms with Gasteiger partial charge in [-0.05, 0) is 12.1 Å². The van der Waals surface area contributed by atoms with Gasteiger partial charge in [0.2, 0.25) is 5.89 Å². The Morgan fingerprint density at radius 2 is 2.06 bits per heavy atom. The first-order chi connectivity index (χ1) is 7.68. The fourth-order valence-electron chi connectivity index (χ4n) is 1.80. The molecule has 1 saturated heterocycles. The van der Waals surface area contributed by atoms with Gasteiger partial charge in [-0.2, -0.15) is 4.98 Å². The number of piperazine rings is 1. The normalized spacial score (nSPS) is 19.7. The van der Waals surface area contributed by atoms with Crippen LogP contribution in [0.25, 0.3) is 0 Å². The van der Waals surface area contributed by atoms with Crippen LogP contribution >= 0.6 is 0 Å². The lowest BCUT2D eigenvalue weighted by Crippen LogP contribution is -2.44. The smallest absolute Gasteiger partial charge is 0.265 e. The molecule has 2 heterocycles. The van der Waals surface area contributed by atoms with Gasteiger partial charge in [-0.15, -0.1) is 0 Å². The first-order valence-corrected chi connectivity index (χ1v) is 5.64. The zero-order valence-corrected chi connectivity index (χ0v) is 10.1. The molecule has 0 aliphatic carbocycles. The van der Waals surface area contributed by atoms with E-state index in [4.69, 9.17) is 4.52 Å². The van der Waals surface area contributed by atoms with Crippen molar-refractivity contribution in [3.05, 3.63) is 5.89 Å². The van der Waals surface area contributed by atoms with E-state index >= 15 is 0 Å². The zero-order valence-electron chi connectivity index (χ0n) is 10.1. The van der Waals surface area contributed by atoms with E-state index in [1.54, 1.807) is 0 Å². The summed E-state index contributed by atoms with van der Waals surface area (Å²) in [6.07, 6.45) is 0. The molecule has 0 aromatic carbocycles. The maximum atomic E-state index is 5.28. The number of hydrogen-bond donors (Lipinski definition) is 1. The summed E-state index contributed by atoms with van der Waals surface area (Å²) in [7, 11) is 3.81. The molecule has 0 radical (unpaired) electrons. The van der Waals surface area contributed by atoms with E-state index in [9.17, 15) is 0 Å². The van der Waals surface area contributed by atoms with E-state index in [2.05, 4.69) is 27.3 Å². The lowest BCUT2D eigenvalue weighted by Gasteiger charge is -2.30. The molecule has 16 heavy (non-hydrogen) atoms. The van der Waals surface area contributed by atoms with Crippen molar-refractivity contribution in [2.75, 3.05) is 45.2 Å². The van der Waals surface area contributed by atoms with E-state index < -0.39 is 0 Å². The molecule has 1 fully saturated rings. The monoisotopic (exact) mass is 225 g/mol. The van der Waals surface area contributed by atoms with Crippen LogP contribution in [-0.2, 0) is 0 Å². The lowest BCUT2D eigenvalue weighted by atomic mass is 10.2. The molecule has 6 heteroatoms. The predicted molar refractivity (Wildman–Crippen MR) is 61.5 cm³/mol. The number of nitrogens with one attached hydrogen (secondary N) is 1. The summed E-state index contributed by atoms with van der Waals surface area (Å²) in [6, 6.07) is 0.197. The molecule has 6 nitrogen and oxygen atoms in total. The standard InChI is InChI=1S/C10H19N5O/c1-8(15-6-4-11-5-7-15)9-12-10(13-16-9)14(2)3/h8,11H,4-7H2,1-3H3. The van der Waals surface area contributed by atoms with Gasteiger partial charge >= 0.3 is 0 Å². The summed E-state index contributed by atoms with van der Waals surface area (Å²) in [4.78, 5) is 8.57. The van der Waals surface area contributed by atoms with Crippen LogP contribution in [0.15, 0.2) is 4.52 Å². The molecular formula is C10H19N5O. The SMILES string of the molecule is CC(c1nc(N(C)C)no1)N1CCNCC1. The predicted octanol–water partition coefficient (Wildman–Crippen LogP) is 0.102.